The summed E-state index contributed by atoms with van der Waals surface area (Å²) in [4.78, 5) is 4.16. The van der Waals surface area contributed by atoms with Gasteiger partial charge in [0, 0.05) is 26.7 Å². The molecule has 1 heterocycles. The van der Waals surface area contributed by atoms with E-state index < -0.39 is 10.0 Å². The Kier molecular flexibility index (Phi) is 10.3. The topological polar surface area (TPSA) is 82.6 Å². The van der Waals surface area contributed by atoms with Crippen LogP contribution >= 0.6 is 35.3 Å². The molecule has 0 radical (unpaired) electrons. The van der Waals surface area contributed by atoms with Crippen molar-refractivity contribution in [3.8, 4) is 0 Å². The molecule has 0 amide bonds. The lowest BCUT2D eigenvalue weighted by molar-refractivity contribution is 0.582. The van der Waals surface area contributed by atoms with Gasteiger partial charge in [-0.15, -0.1) is 35.3 Å². The highest BCUT2D eigenvalue weighted by Crippen LogP contribution is 2.14. The fourth-order valence-electron chi connectivity index (χ4n) is 2.61. The van der Waals surface area contributed by atoms with Gasteiger partial charge in [0.2, 0.25) is 10.0 Å². The Morgan fingerprint density at radius 2 is 1.74 bits per heavy atom. The zero-order chi connectivity index (χ0) is 19.0. The Morgan fingerprint density at radius 1 is 1.07 bits per heavy atom. The molecule has 0 aliphatic carbocycles. The second-order valence-electron chi connectivity index (χ2n) is 6.00. The van der Waals surface area contributed by atoms with Crippen LogP contribution in [0.4, 0.5) is 0 Å². The van der Waals surface area contributed by atoms with Gasteiger partial charge in [0.05, 0.1) is 0 Å². The molecular formula is C18H27IN4O2S2. The molecule has 6 nitrogen and oxygen atoms in total. The quantitative estimate of drug-likeness (QED) is 0.216. The van der Waals surface area contributed by atoms with E-state index in [0.717, 1.165) is 13.0 Å². The van der Waals surface area contributed by atoms with Crippen molar-refractivity contribution in [1.29, 1.82) is 0 Å². The highest BCUT2D eigenvalue weighted by atomic mass is 127. The van der Waals surface area contributed by atoms with E-state index in [1.807, 2.05) is 0 Å². The number of hydrogen-bond acceptors (Lipinski definition) is 4. The van der Waals surface area contributed by atoms with Gasteiger partial charge in [0.15, 0.2) is 5.96 Å². The zero-order valence-corrected chi connectivity index (χ0v) is 19.7. The van der Waals surface area contributed by atoms with Crippen molar-refractivity contribution in [2.45, 2.75) is 24.5 Å². The summed E-state index contributed by atoms with van der Waals surface area (Å²) in [7, 11) is -1.72. The minimum atomic E-state index is -3.41. The molecule has 0 bridgehead atoms. The van der Waals surface area contributed by atoms with Gasteiger partial charge < -0.3 is 10.6 Å². The minimum absolute atomic E-state index is 0. The summed E-state index contributed by atoms with van der Waals surface area (Å²) in [5, 5.41) is 8.10. The maximum Gasteiger partial charge on any atom is 0.250 e. The van der Waals surface area contributed by atoms with Crippen LogP contribution in [0.1, 0.15) is 16.7 Å². The highest BCUT2D eigenvalue weighted by Gasteiger charge is 2.13. The summed E-state index contributed by atoms with van der Waals surface area (Å²) in [6, 6.07) is 9.84. The van der Waals surface area contributed by atoms with Gasteiger partial charge in [-0.25, -0.2) is 13.1 Å². The number of thiophene rings is 1. The fraction of sp³-hybridized carbons (Fsp3) is 0.389. The van der Waals surface area contributed by atoms with Crippen molar-refractivity contribution in [2.75, 3.05) is 26.7 Å². The Balaban J connectivity index is 0.00000364. The number of sulfonamides is 1. The first-order valence-electron chi connectivity index (χ1n) is 8.45. The molecule has 27 heavy (non-hydrogen) atoms. The number of rotatable bonds is 8. The summed E-state index contributed by atoms with van der Waals surface area (Å²) >= 11 is 1.20. The average Bonchev–Trinajstić information content (AvgIpc) is 3.11. The van der Waals surface area contributed by atoms with Crippen LogP contribution in [-0.2, 0) is 16.4 Å². The van der Waals surface area contributed by atoms with E-state index in [2.05, 4.69) is 52.4 Å². The van der Waals surface area contributed by atoms with Gasteiger partial charge in [0.25, 0.3) is 0 Å². The van der Waals surface area contributed by atoms with Gasteiger partial charge in [-0.1, -0.05) is 35.4 Å². The molecule has 9 heteroatoms. The number of guanidine groups is 1. The SMILES string of the molecule is CN=C(NCCNS(=O)(=O)c1cccs1)NCCc1cc(C)cc(C)c1.I. The van der Waals surface area contributed by atoms with Crippen molar-refractivity contribution in [1.82, 2.24) is 15.4 Å². The first-order valence-corrected chi connectivity index (χ1v) is 10.8. The molecule has 0 aliphatic rings. The van der Waals surface area contributed by atoms with E-state index >= 15 is 0 Å². The number of halogens is 1. The summed E-state index contributed by atoms with van der Waals surface area (Å²) in [5.41, 5.74) is 3.82. The van der Waals surface area contributed by atoms with Crippen LogP contribution in [0.15, 0.2) is 44.9 Å². The summed E-state index contributed by atoms with van der Waals surface area (Å²) < 4.78 is 26.9. The lowest BCUT2D eigenvalue weighted by atomic mass is 10.1. The second kappa shape index (κ2) is 11.6. The molecule has 1 aromatic carbocycles. The monoisotopic (exact) mass is 522 g/mol. The van der Waals surface area contributed by atoms with Crippen molar-refractivity contribution < 1.29 is 8.42 Å². The number of hydrogen-bond donors (Lipinski definition) is 3. The molecule has 0 spiro atoms. The third-order valence-corrected chi connectivity index (χ3v) is 6.54. The van der Waals surface area contributed by atoms with Crippen molar-refractivity contribution >= 4 is 51.3 Å². The van der Waals surface area contributed by atoms with E-state index in [9.17, 15) is 8.42 Å². The number of nitrogens with zero attached hydrogens (tertiary/aromatic N) is 1. The third-order valence-electron chi connectivity index (χ3n) is 3.68. The predicted octanol–water partition coefficient (Wildman–Crippen LogP) is 2.67. The standard InChI is InChI=1S/C18H26N4O2S2.HI/c1-14-11-15(2)13-16(12-14)6-7-20-18(19-3)21-8-9-22-26(23,24)17-5-4-10-25-17;/h4-5,10-13,22H,6-9H2,1-3H3,(H2,19,20,21);1H. The molecule has 0 fully saturated rings. The summed E-state index contributed by atoms with van der Waals surface area (Å²) in [6.45, 7) is 5.69. The van der Waals surface area contributed by atoms with E-state index in [4.69, 9.17) is 0 Å². The third kappa shape index (κ3) is 8.16. The van der Waals surface area contributed by atoms with Crippen LogP contribution in [0.2, 0.25) is 0 Å². The molecule has 0 saturated carbocycles. The van der Waals surface area contributed by atoms with Crippen LogP contribution in [-0.4, -0.2) is 41.1 Å². The smallest absolute Gasteiger partial charge is 0.250 e. The van der Waals surface area contributed by atoms with Crippen LogP contribution in [0, 0.1) is 13.8 Å². The summed E-state index contributed by atoms with van der Waals surface area (Å²) in [5.74, 6) is 0.657. The number of benzene rings is 1. The van der Waals surface area contributed by atoms with E-state index in [0.29, 0.717) is 16.7 Å². The number of aliphatic imine (C=N–C) groups is 1. The molecule has 1 aromatic heterocycles. The van der Waals surface area contributed by atoms with Gasteiger partial charge in [-0.05, 0) is 37.3 Å². The van der Waals surface area contributed by atoms with Crippen LogP contribution in [0.5, 0.6) is 0 Å². The Bertz CT molecular complexity index is 817. The van der Waals surface area contributed by atoms with Gasteiger partial charge in [-0.3, -0.25) is 4.99 Å². The lowest BCUT2D eigenvalue weighted by Gasteiger charge is -2.12. The average molecular weight is 522 g/mol. The van der Waals surface area contributed by atoms with E-state index in [1.54, 1.807) is 24.6 Å². The molecule has 0 saturated heterocycles. The minimum Gasteiger partial charge on any atom is -0.356 e. The van der Waals surface area contributed by atoms with Gasteiger partial charge >= 0.3 is 0 Å². The first kappa shape index (κ1) is 23.9. The summed E-state index contributed by atoms with van der Waals surface area (Å²) in [6.07, 6.45) is 0.897. The number of nitrogens with one attached hydrogen (secondary N) is 3. The first-order chi connectivity index (χ1) is 12.4. The predicted molar refractivity (Wildman–Crippen MR) is 124 cm³/mol. The molecule has 150 valence electrons. The maximum absolute atomic E-state index is 12.0. The van der Waals surface area contributed by atoms with Gasteiger partial charge in [-0.2, -0.15) is 0 Å². The van der Waals surface area contributed by atoms with Crippen LogP contribution < -0.4 is 15.4 Å². The van der Waals surface area contributed by atoms with Crippen LogP contribution in [0.25, 0.3) is 0 Å². The normalized spacial score (nSPS) is 11.7. The fourth-order valence-corrected chi connectivity index (χ4v) is 4.68. The molecule has 0 unspecified atom stereocenters. The molecule has 0 aliphatic heterocycles. The van der Waals surface area contributed by atoms with Crippen molar-refractivity contribution in [2.24, 2.45) is 4.99 Å². The molecule has 3 N–H and O–H groups in total. The zero-order valence-electron chi connectivity index (χ0n) is 15.8. The Morgan fingerprint density at radius 3 is 2.33 bits per heavy atom. The second-order valence-corrected chi connectivity index (χ2v) is 8.94. The molecule has 2 rings (SSSR count). The van der Waals surface area contributed by atoms with Gasteiger partial charge in [0.1, 0.15) is 4.21 Å². The molecule has 2 aromatic rings. The number of aryl methyl sites for hydroxylation is 2. The highest BCUT2D eigenvalue weighted by molar-refractivity contribution is 14.0. The van der Waals surface area contributed by atoms with Crippen LogP contribution in [0.3, 0.4) is 0 Å². The molecular weight excluding hydrogens is 495 g/mol. The Hall–Kier alpha value is -1.17. The largest absolute Gasteiger partial charge is 0.356 e. The Labute approximate surface area is 182 Å². The van der Waals surface area contributed by atoms with Crippen molar-refractivity contribution in [3.05, 3.63) is 52.4 Å². The maximum atomic E-state index is 12.0. The van der Waals surface area contributed by atoms with Crippen molar-refractivity contribution in [3.63, 3.8) is 0 Å². The lowest BCUT2D eigenvalue weighted by Crippen LogP contribution is -2.42. The molecule has 0 atom stereocenters. The van der Waals surface area contributed by atoms with E-state index in [1.165, 1.54) is 28.0 Å². The van der Waals surface area contributed by atoms with E-state index in [-0.39, 0.29) is 30.5 Å².